The van der Waals surface area contributed by atoms with Gasteiger partial charge in [0.05, 0.1) is 11.1 Å². The average molecular weight is 320 g/mol. The molecular formula is C20H16O4. The molecule has 4 heteroatoms. The first kappa shape index (κ1) is 15.7. The normalized spacial score (nSPS) is 16.0. The fourth-order valence-corrected chi connectivity index (χ4v) is 3.18. The summed E-state index contributed by atoms with van der Waals surface area (Å²) in [6, 6.07) is 19.1. The highest BCUT2D eigenvalue weighted by atomic mass is 16.4. The summed E-state index contributed by atoms with van der Waals surface area (Å²) < 4.78 is 0. The van der Waals surface area contributed by atoms with Crippen molar-refractivity contribution in [3.8, 4) is 0 Å². The molecule has 0 aliphatic heterocycles. The average Bonchev–Trinajstić information content (AvgIpc) is 2.62. The molecule has 0 atom stereocenters. The van der Waals surface area contributed by atoms with E-state index in [2.05, 4.69) is 0 Å². The fourth-order valence-electron chi connectivity index (χ4n) is 3.18. The van der Waals surface area contributed by atoms with Gasteiger partial charge < -0.3 is 10.2 Å². The van der Waals surface area contributed by atoms with Gasteiger partial charge in [0.15, 0.2) is 0 Å². The lowest BCUT2D eigenvalue weighted by molar-refractivity contribution is -0.135. The summed E-state index contributed by atoms with van der Waals surface area (Å²) >= 11 is 0. The summed E-state index contributed by atoms with van der Waals surface area (Å²) in [5, 5.41) is 18.8. The van der Waals surface area contributed by atoms with Gasteiger partial charge in [-0.1, -0.05) is 66.7 Å². The standard InChI is InChI=1S/C20H16O4/c21-18(22)16-11-12-20(13-17(16)19(23)24,14-7-3-1-4-8-14)15-9-5-2-6-10-15/h1-12H,13H2,(H,21,22)(H,23,24). The lowest BCUT2D eigenvalue weighted by Gasteiger charge is -2.35. The SMILES string of the molecule is O=C(O)C1=C(C(=O)O)CC(c2ccccc2)(c2ccccc2)C=C1. The summed E-state index contributed by atoms with van der Waals surface area (Å²) in [6.45, 7) is 0. The molecule has 0 saturated heterocycles. The van der Waals surface area contributed by atoms with Crippen LogP contribution < -0.4 is 0 Å². The van der Waals surface area contributed by atoms with Crippen molar-refractivity contribution in [2.75, 3.05) is 0 Å². The van der Waals surface area contributed by atoms with Gasteiger partial charge in [0.25, 0.3) is 0 Å². The summed E-state index contributed by atoms with van der Waals surface area (Å²) in [4.78, 5) is 23.0. The second-order valence-corrected chi connectivity index (χ2v) is 5.72. The van der Waals surface area contributed by atoms with Gasteiger partial charge in [-0.25, -0.2) is 9.59 Å². The number of hydrogen-bond donors (Lipinski definition) is 2. The van der Waals surface area contributed by atoms with Crippen LogP contribution in [0.1, 0.15) is 17.5 Å². The van der Waals surface area contributed by atoms with E-state index >= 15 is 0 Å². The summed E-state index contributed by atoms with van der Waals surface area (Å²) in [6.07, 6.45) is 3.30. The molecule has 0 radical (unpaired) electrons. The van der Waals surface area contributed by atoms with E-state index < -0.39 is 17.4 Å². The van der Waals surface area contributed by atoms with Crippen LogP contribution in [0.5, 0.6) is 0 Å². The van der Waals surface area contributed by atoms with Crippen LogP contribution in [0.15, 0.2) is 84.0 Å². The minimum Gasteiger partial charge on any atom is -0.478 e. The number of hydrogen-bond acceptors (Lipinski definition) is 2. The van der Waals surface area contributed by atoms with Gasteiger partial charge in [0.2, 0.25) is 0 Å². The Morgan fingerprint density at radius 1 is 0.792 bits per heavy atom. The molecule has 0 bridgehead atoms. The molecule has 0 saturated carbocycles. The maximum Gasteiger partial charge on any atom is 0.336 e. The van der Waals surface area contributed by atoms with Gasteiger partial charge >= 0.3 is 11.9 Å². The third-order valence-corrected chi connectivity index (χ3v) is 4.38. The first-order valence-corrected chi connectivity index (χ1v) is 7.54. The molecule has 0 spiro atoms. The highest BCUT2D eigenvalue weighted by Crippen LogP contribution is 2.43. The third-order valence-electron chi connectivity index (χ3n) is 4.38. The fraction of sp³-hybridized carbons (Fsp3) is 0.100. The van der Waals surface area contributed by atoms with Gasteiger partial charge in [-0.3, -0.25) is 0 Å². The topological polar surface area (TPSA) is 74.6 Å². The Morgan fingerprint density at radius 2 is 1.29 bits per heavy atom. The first-order valence-electron chi connectivity index (χ1n) is 7.54. The van der Waals surface area contributed by atoms with E-state index in [-0.39, 0.29) is 17.6 Å². The number of carboxylic acids is 2. The number of carboxylic acid groups (broad SMARTS) is 2. The van der Waals surface area contributed by atoms with Crippen LogP contribution >= 0.6 is 0 Å². The number of aliphatic carboxylic acids is 2. The van der Waals surface area contributed by atoms with E-state index in [0.717, 1.165) is 11.1 Å². The minimum atomic E-state index is -1.22. The van der Waals surface area contributed by atoms with Crippen molar-refractivity contribution < 1.29 is 19.8 Å². The quantitative estimate of drug-likeness (QED) is 0.905. The van der Waals surface area contributed by atoms with E-state index in [9.17, 15) is 19.8 Å². The molecule has 3 rings (SSSR count). The lowest BCUT2D eigenvalue weighted by Crippen LogP contribution is -2.31. The number of allylic oxidation sites excluding steroid dienone is 1. The van der Waals surface area contributed by atoms with Crippen molar-refractivity contribution >= 4 is 11.9 Å². The summed E-state index contributed by atoms with van der Waals surface area (Å²) in [5.74, 6) is -2.42. The van der Waals surface area contributed by atoms with Gasteiger partial charge in [0.1, 0.15) is 0 Å². The summed E-state index contributed by atoms with van der Waals surface area (Å²) in [5.41, 5.74) is 0.906. The zero-order valence-electron chi connectivity index (χ0n) is 12.8. The molecule has 2 aromatic rings. The Bertz CT molecular complexity index is 793. The van der Waals surface area contributed by atoms with Crippen LogP contribution in [0.2, 0.25) is 0 Å². The molecule has 24 heavy (non-hydrogen) atoms. The largest absolute Gasteiger partial charge is 0.478 e. The van der Waals surface area contributed by atoms with Crippen LogP contribution in [0.25, 0.3) is 0 Å². The van der Waals surface area contributed by atoms with Crippen LogP contribution in [0.4, 0.5) is 0 Å². The monoisotopic (exact) mass is 320 g/mol. The van der Waals surface area contributed by atoms with Crippen LogP contribution in [-0.2, 0) is 15.0 Å². The Kier molecular flexibility index (Phi) is 4.04. The predicted octanol–water partition coefficient (Wildman–Crippen LogP) is 3.40. The Morgan fingerprint density at radius 3 is 1.71 bits per heavy atom. The van der Waals surface area contributed by atoms with E-state index in [0.29, 0.717) is 0 Å². The summed E-state index contributed by atoms with van der Waals surface area (Å²) in [7, 11) is 0. The molecule has 0 amide bonds. The first-order chi connectivity index (χ1) is 11.5. The van der Waals surface area contributed by atoms with Crippen molar-refractivity contribution in [1.82, 2.24) is 0 Å². The molecule has 1 aliphatic rings. The van der Waals surface area contributed by atoms with Crippen LogP contribution in [0.3, 0.4) is 0 Å². The van der Waals surface area contributed by atoms with E-state index in [4.69, 9.17) is 0 Å². The molecule has 2 aromatic carbocycles. The van der Waals surface area contributed by atoms with Crippen LogP contribution in [-0.4, -0.2) is 22.2 Å². The zero-order valence-corrected chi connectivity index (χ0v) is 12.8. The maximum atomic E-state index is 11.7. The molecule has 2 N–H and O–H groups in total. The second-order valence-electron chi connectivity index (χ2n) is 5.72. The Hall–Kier alpha value is -3.14. The van der Waals surface area contributed by atoms with Gasteiger partial charge in [-0.15, -0.1) is 0 Å². The highest BCUT2D eigenvalue weighted by Gasteiger charge is 2.38. The minimum absolute atomic E-state index is 0.0855. The van der Waals surface area contributed by atoms with Gasteiger partial charge in [-0.05, 0) is 23.6 Å². The maximum absolute atomic E-state index is 11.7. The molecule has 120 valence electrons. The Balaban J connectivity index is 2.22. The Labute approximate surface area is 139 Å². The van der Waals surface area contributed by atoms with Gasteiger partial charge in [0, 0.05) is 5.41 Å². The number of rotatable bonds is 4. The number of benzene rings is 2. The molecule has 1 aliphatic carbocycles. The number of carbonyl (C=O) groups is 2. The second kappa shape index (κ2) is 6.16. The van der Waals surface area contributed by atoms with Crippen molar-refractivity contribution in [3.05, 3.63) is 95.1 Å². The van der Waals surface area contributed by atoms with Crippen LogP contribution in [0, 0.1) is 0 Å². The lowest BCUT2D eigenvalue weighted by atomic mass is 9.67. The highest BCUT2D eigenvalue weighted by molar-refractivity contribution is 6.02. The van der Waals surface area contributed by atoms with Crippen molar-refractivity contribution in [2.45, 2.75) is 11.8 Å². The predicted molar refractivity (Wildman–Crippen MR) is 89.7 cm³/mol. The van der Waals surface area contributed by atoms with Crippen molar-refractivity contribution in [2.24, 2.45) is 0 Å². The molecule has 0 unspecified atom stereocenters. The molecule has 0 heterocycles. The van der Waals surface area contributed by atoms with E-state index in [1.165, 1.54) is 6.08 Å². The van der Waals surface area contributed by atoms with E-state index in [1.54, 1.807) is 6.08 Å². The molecule has 0 fully saturated rings. The van der Waals surface area contributed by atoms with Crippen molar-refractivity contribution in [1.29, 1.82) is 0 Å². The zero-order chi connectivity index (χ0) is 17.2. The van der Waals surface area contributed by atoms with Crippen molar-refractivity contribution in [3.63, 3.8) is 0 Å². The third kappa shape index (κ3) is 2.63. The smallest absolute Gasteiger partial charge is 0.336 e. The molecular weight excluding hydrogens is 304 g/mol. The van der Waals surface area contributed by atoms with Gasteiger partial charge in [-0.2, -0.15) is 0 Å². The molecule has 4 nitrogen and oxygen atoms in total. The molecule has 0 aromatic heterocycles. The van der Waals surface area contributed by atoms with E-state index in [1.807, 2.05) is 60.7 Å².